The average Bonchev–Trinajstić information content (AvgIpc) is 3.34. The fourth-order valence-corrected chi connectivity index (χ4v) is 4.73. The van der Waals surface area contributed by atoms with Gasteiger partial charge in [0.05, 0.1) is 0 Å². The van der Waals surface area contributed by atoms with Gasteiger partial charge in [0, 0.05) is 44.8 Å². The number of nitrogens with one attached hydrogen (secondary N) is 2. The summed E-state index contributed by atoms with van der Waals surface area (Å²) in [7, 11) is 0. The van der Waals surface area contributed by atoms with Crippen LogP contribution in [0.2, 0.25) is 0 Å². The van der Waals surface area contributed by atoms with Crippen LogP contribution >= 0.6 is 24.0 Å². The van der Waals surface area contributed by atoms with Gasteiger partial charge in [-0.15, -0.1) is 24.0 Å². The van der Waals surface area contributed by atoms with Gasteiger partial charge in [-0.05, 0) is 58.0 Å². The van der Waals surface area contributed by atoms with Crippen LogP contribution < -0.4 is 10.6 Å². The predicted molar refractivity (Wildman–Crippen MR) is 122 cm³/mol. The lowest BCUT2D eigenvalue weighted by atomic mass is 10.2. The molecule has 2 N–H and O–H groups in total. The lowest BCUT2D eigenvalue weighted by molar-refractivity contribution is 0.242. The van der Waals surface area contributed by atoms with Crippen LogP contribution in [0.5, 0.6) is 0 Å². The molecular weight excluding hydrogens is 437 g/mol. The van der Waals surface area contributed by atoms with E-state index in [2.05, 4.69) is 34.3 Å². The molecule has 1 saturated carbocycles. The SMILES string of the molecule is CCNC(=NCC(C)CN1CCCC1)NC1CCN(C2CCCC2)C1.I. The zero-order valence-corrected chi connectivity index (χ0v) is 19.2. The predicted octanol–water partition coefficient (Wildman–Crippen LogP) is 2.91. The van der Waals surface area contributed by atoms with Crippen LogP contribution in [-0.4, -0.2) is 73.7 Å². The second-order valence-electron chi connectivity index (χ2n) is 8.40. The van der Waals surface area contributed by atoms with Crippen molar-refractivity contribution in [2.75, 3.05) is 45.8 Å². The Bertz CT molecular complexity index is 418. The molecule has 2 atom stereocenters. The summed E-state index contributed by atoms with van der Waals surface area (Å²) in [6, 6.07) is 1.42. The zero-order chi connectivity index (χ0) is 17.5. The molecule has 0 aromatic heterocycles. The molecule has 2 heterocycles. The first kappa shape index (κ1) is 22.2. The molecular formula is C20H40IN5. The first-order chi connectivity index (χ1) is 12.2. The number of halogens is 1. The molecule has 3 aliphatic rings. The van der Waals surface area contributed by atoms with Gasteiger partial charge in [0.15, 0.2) is 5.96 Å². The minimum atomic E-state index is 0. The van der Waals surface area contributed by atoms with Crippen molar-refractivity contribution in [1.29, 1.82) is 0 Å². The van der Waals surface area contributed by atoms with E-state index >= 15 is 0 Å². The van der Waals surface area contributed by atoms with E-state index in [9.17, 15) is 0 Å². The molecule has 152 valence electrons. The minimum Gasteiger partial charge on any atom is -0.357 e. The van der Waals surface area contributed by atoms with Crippen molar-refractivity contribution in [1.82, 2.24) is 20.4 Å². The van der Waals surface area contributed by atoms with E-state index in [4.69, 9.17) is 4.99 Å². The van der Waals surface area contributed by atoms with Crippen molar-refractivity contribution in [2.45, 2.75) is 70.9 Å². The van der Waals surface area contributed by atoms with Gasteiger partial charge >= 0.3 is 0 Å². The highest BCUT2D eigenvalue weighted by Crippen LogP contribution is 2.26. The molecule has 2 unspecified atom stereocenters. The summed E-state index contributed by atoms with van der Waals surface area (Å²) in [5, 5.41) is 7.15. The summed E-state index contributed by atoms with van der Waals surface area (Å²) < 4.78 is 0. The smallest absolute Gasteiger partial charge is 0.191 e. The molecule has 0 aromatic rings. The summed E-state index contributed by atoms with van der Waals surface area (Å²) in [5.41, 5.74) is 0. The minimum absolute atomic E-state index is 0. The maximum Gasteiger partial charge on any atom is 0.191 e. The second kappa shape index (κ2) is 11.7. The highest BCUT2D eigenvalue weighted by atomic mass is 127. The normalized spacial score (nSPS) is 26.8. The van der Waals surface area contributed by atoms with Crippen molar-refractivity contribution in [2.24, 2.45) is 10.9 Å². The Balaban J connectivity index is 0.00000243. The van der Waals surface area contributed by atoms with Crippen molar-refractivity contribution in [3.05, 3.63) is 0 Å². The fraction of sp³-hybridized carbons (Fsp3) is 0.950. The molecule has 2 saturated heterocycles. The Morgan fingerprint density at radius 3 is 2.50 bits per heavy atom. The average molecular weight is 477 g/mol. The molecule has 26 heavy (non-hydrogen) atoms. The third-order valence-electron chi connectivity index (χ3n) is 6.08. The quantitative estimate of drug-likeness (QED) is 0.336. The Kier molecular flexibility index (Phi) is 9.99. The maximum atomic E-state index is 4.89. The molecule has 5 nitrogen and oxygen atoms in total. The van der Waals surface area contributed by atoms with Gasteiger partial charge in [-0.3, -0.25) is 9.89 Å². The largest absolute Gasteiger partial charge is 0.357 e. The summed E-state index contributed by atoms with van der Waals surface area (Å²) in [5.74, 6) is 1.65. The number of likely N-dealkylation sites (tertiary alicyclic amines) is 2. The third-order valence-corrected chi connectivity index (χ3v) is 6.08. The maximum absolute atomic E-state index is 4.89. The lowest BCUT2D eigenvalue weighted by Crippen LogP contribution is -2.45. The van der Waals surface area contributed by atoms with E-state index in [-0.39, 0.29) is 24.0 Å². The Labute approximate surface area is 177 Å². The van der Waals surface area contributed by atoms with Gasteiger partial charge in [-0.2, -0.15) is 0 Å². The topological polar surface area (TPSA) is 42.9 Å². The standard InChI is InChI=1S/C20H39N5.HI/c1-3-21-20(22-14-17(2)15-24-11-6-7-12-24)23-18-10-13-25(16-18)19-8-4-5-9-19;/h17-19H,3-16H2,1-2H3,(H2,21,22,23);1H. The van der Waals surface area contributed by atoms with Gasteiger partial charge in [0.2, 0.25) is 0 Å². The molecule has 6 heteroatoms. The van der Waals surface area contributed by atoms with Crippen LogP contribution in [0, 0.1) is 5.92 Å². The lowest BCUT2D eigenvalue weighted by Gasteiger charge is -2.24. The van der Waals surface area contributed by atoms with Gasteiger partial charge in [-0.1, -0.05) is 19.8 Å². The van der Waals surface area contributed by atoms with Crippen molar-refractivity contribution in [3.63, 3.8) is 0 Å². The summed E-state index contributed by atoms with van der Waals surface area (Å²) in [4.78, 5) is 10.2. The molecule has 0 radical (unpaired) electrons. The van der Waals surface area contributed by atoms with E-state index < -0.39 is 0 Å². The van der Waals surface area contributed by atoms with Crippen LogP contribution in [0.4, 0.5) is 0 Å². The Morgan fingerprint density at radius 2 is 1.81 bits per heavy atom. The highest BCUT2D eigenvalue weighted by Gasteiger charge is 2.30. The van der Waals surface area contributed by atoms with Gasteiger partial charge in [0.25, 0.3) is 0 Å². The van der Waals surface area contributed by atoms with Gasteiger partial charge < -0.3 is 15.5 Å². The Hall–Kier alpha value is -0.0800. The molecule has 0 aromatic carbocycles. The monoisotopic (exact) mass is 477 g/mol. The first-order valence-corrected chi connectivity index (χ1v) is 10.8. The first-order valence-electron chi connectivity index (χ1n) is 10.8. The number of rotatable bonds is 7. The number of aliphatic imine (C=N–C) groups is 1. The van der Waals surface area contributed by atoms with E-state index in [0.29, 0.717) is 12.0 Å². The van der Waals surface area contributed by atoms with Crippen molar-refractivity contribution in [3.8, 4) is 0 Å². The van der Waals surface area contributed by atoms with Crippen LogP contribution in [0.15, 0.2) is 4.99 Å². The van der Waals surface area contributed by atoms with Crippen molar-refractivity contribution >= 4 is 29.9 Å². The molecule has 3 rings (SSSR count). The number of nitrogens with zero attached hydrogens (tertiary/aromatic N) is 3. The van der Waals surface area contributed by atoms with E-state index in [1.54, 1.807) is 0 Å². The molecule has 2 aliphatic heterocycles. The summed E-state index contributed by atoms with van der Waals surface area (Å²) >= 11 is 0. The van der Waals surface area contributed by atoms with Crippen molar-refractivity contribution < 1.29 is 0 Å². The van der Waals surface area contributed by atoms with E-state index in [1.165, 1.54) is 77.7 Å². The highest BCUT2D eigenvalue weighted by molar-refractivity contribution is 14.0. The fourth-order valence-electron chi connectivity index (χ4n) is 4.73. The molecule has 0 spiro atoms. The molecule has 1 aliphatic carbocycles. The summed E-state index contributed by atoms with van der Waals surface area (Å²) in [6.07, 6.45) is 9.68. The summed E-state index contributed by atoms with van der Waals surface area (Å²) in [6.45, 7) is 12.6. The zero-order valence-electron chi connectivity index (χ0n) is 16.9. The van der Waals surface area contributed by atoms with Gasteiger partial charge in [0.1, 0.15) is 0 Å². The van der Waals surface area contributed by atoms with Crippen LogP contribution in [0.1, 0.15) is 58.8 Å². The van der Waals surface area contributed by atoms with Crippen LogP contribution in [0.25, 0.3) is 0 Å². The second-order valence-corrected chi connectivity index (χ2v) is 8.40. The number of guanidine groups is 1. The van der Waals surface area contributed by atoms with E-state index in [0.717, 1.165) is 25.1 Å². The molecule has 0 bridgehead atoms. The number of hydrogen-bond acceptors (Lipinski definition) is 3. The van der Waals surface area contributed by atoms with E-state index in [1.807, 2.05) is 0 Å². The Morgan fingerprint density at radius 1 is 1.08 bits per heavy atom. The number of hydrogen-bond donors (Lipinski definition) is 2. The third kappa shape index (κ3) is 6.82. The molecule has 3 fully saturated rings. The van der Waals surface area contributed by atoms with Gasteiger partial charge in [-0.25, -0.2) is 0 Å². The van der Waals surface area contributed by atoms with Crippen LogP contribution in [-0.2, 0) is 0 Å². The molecule has 0 amide bonds. The van der Waals surface area contributed by atoms with Crippen LogP contribution in [0.3, 0.4) is 0 Å².